The number of hydrogen-bond donors (Lipinski definition) is 1. The Morgan fingerprint density at radius 3 is 2.88 bits per heavy atom. The van der Waals surface area contributed by atoms with Gasteiger partial charge in [0.25, 0.3) is 0 Å². The third kappa shape index (κ3) is 3.51. The van der Waals surface area contributed by atoms with Crippen LogP contribution >= 0.6 is 0 Å². The van der Waals surface area contributed by atoms with E-state index in [1.165, 1.54) is 11.6 Å². The van der Waals surface area contributed by atoms with E-state index < -0.39 is 0 Å². The van der Waals surface area contributed by atoms with Gasteiger partial charge in [-0.1, -0.05) is 18.2 Å². The molecule has 0 bridgehead atoms. The minimum atomic E-state index is -0.248. The predicted molar refractivity (Wildman–Crippen MR) is 96.5 cm³/mol. The lowest BCUT2D eigenvalue weighted by molar-refractivity contribution is 0.271. The van der Waals surface area contributed by atoms with Gasteiger partial charge in [0.05, 0.1) is 5.69 Å². The summed E-state index contributed by atoms with van der Waals surface area (Å²) in [6.45, 7) is 3.43. The first-order valence-electron chi connectivity index (χ1n) is 8.38. The molecule has 0 atom stereocenters. The molecule has 4 nitrogen and oxygen atoms in total. The highest BCUT2D eigenvalue weighted by Crippen LogP contribution is 2.27. The van der Waals surface area contributed by atoms with E-state index >= 15 is 0 Å². The summed E-state index contributed by atoms with van der Waals surface area (Å²) in [5, 5.41) is 3.45. The third-order valence-corrected chi connectivity index (χ3v) is 4.40. The van der Waals surface area contributed by atoms with Crippen LogP contribution in [0.5, 0.6) is 0 Å². The highest BCUT2D eigenvalue weighted by Gasteiger charge is 2.16. The number of pyridine rings is 2. The Morgan fingerprint density at radius 2 is 2.04 bits per heavy atom. The number of hydrogen-bond acceptors (Lipinski definition) is 4. The molecule has 0 unspecified atom stereocenters. The molecule has 0 saturated carbocycles. The normalized spacial score (nSPS) is 14.4. The molecule has 4 rings (SSSR count). The van der Waals surface area contributed by atoms with Gasteiger partial charge in [0.2, 0.25) is 0 Å². The van der Waals surface area contributed by atoms with Crippen LogP contribution < -0.4 is 5.32 Å². The predicted octanol–water partition coefficient (Wildman–Crippen LogP) is 3.71. The molecule has 3 heterocycles. The monoisotopic (exact) mass is 334 g/mol. The summed E-state index contributed by atoms with van der Waals surface area (Å²) >= 11 is 0. The molecule has 3 aromatic rings. The van der Waals surface area contributed by atoms with Crippen molar-refractivity contribution in [2.24, 2.45) is 0 Å². The first-order valence-corrected chi connectivity index (χ1v) is 8.38. The van der Waals surface area contributed by atoms with E-state index in [-0.39, 0.29) is 5.82 Å². The van der Waals surface area contributed by atoms with Crippen molar-refractivity contribution in [3.63, 3.8) is 0 Å². The van der Waals surface area contributed by atoms with E-state index in [1.54, 1.807) is 18.3 Å². The molecule has 1 aromatic carbocycles. The minimum absolute atomic E-state index is 0.248. The Balaban J connectivity index is 1.58. The summed E-state index contributed by atoms with van der Waals surface area (Å²) in [6.07, 6.45) is 5.54. The lowest BCUT2D eigenvalue weighted by atomic mass is 10.1. The van der Waals surface area contributed by atoms with E-state index in [4.69, 9.17) is 0 Å². The molecule has 0 radical (unpaired) electrons. The van der Waals surface area contributed by atoms with Gasteiger partial charge in [-0.3, -0.25) is 14.9 Å². The second-order valence-electron chi connectivity index (χ2n) is 6.21. The fraction of sp³-hybridized carbons (Fsp3) is 0.200. The minimum Gasteiger partial charge on any atom is -0.383 e. The van der Waals surface area contributed by atoms with Crippen LogP contribution in [0.2, 0.25) is 0 Å². The number of anilines is 1. The van der Waals surface area contributed by atoms with Gasteiger partial charge in [-0.2, -0.15) is 0 Å². The van der Waals surface area contributed by atoms with Crippen LogP contribution in [-0.4, -0.2) is 28.0 Å². The van der Waals surface area contributed by atoms with Crippen LogP contribution in [0.4, 0.5) is 10.1 Å². The van der Waals surface area contributed by atoms with Gasteiger partial charge in [0.15, 0.2) is 0 Å². The number of nitrogens with one attached hydrogen (secondary N) is 1. The topological polar surface area (TPSA) is 41.1 Å². The molecule has 25 heavy (non-hydrogen) atoms. The van der Waals surface area contributed by atoms with Gasteiger partial charge < -0.3 is 5.32 Å². The van der Waals surface area contributed by atoms with Crippen molar-refractivity contribution < 1.29 is 4.39 Å². The van der Waals surface area contributed by atoms with E-state index in [0.29, 0.717) is 11.3 Å². The Kier molecular flexibility index (Phi) is 4.39. The average Bonchev–Trinajstić information content (AvgIpc) is 2.84. The first-order chi connectivity index (χ1) is 12.3. The number of rotatable bonds is 3. The van der Waals surface area contributed by atoms with Crippen molar-refractivity contribution in [1.29, 1.82) is 0 Å². The number of aromatic nitrogens is 2. The first kappa shape index (κ1) is 15.7. The summed E-state index contributed by atoms with van der Waals surface area (Å²) in [6, 6.07) is 12.7. The lowest BCUT2D eigenvalue weighted by Crippen LogP contribution is -2.25. The molecule has 2 aromatic heterocycles. The Hall–Kier alpha value is -2.79. The van der Waals surface area contributed by atoms with Crippen molar-refractivity contribution >= 4 is 5.69 Å². The van der Waals surface area contributed by atoms with E-state index in [9.17, 15) is 4.39 Å². The van der Waals surface area contributed by atoms with E-state index in [1.807, 2.05) is 30.6 Å². The smallest absolute Gasteiger partial charge is 0.132 e. The van der Waals surface area contributed by atoms with Crippen molar-refractivity contribution in [3.8, 4) is 11.3 Å². The zero-order chi connectivity index (χ0) is 17.1. The molecule has 0 spiro atoms. The van der Waals surface area contributed by atoms with Gasteiger partial charge in [-0.15, -0.1) is 0 Å². The van der Waals surface area contributed by atoms with Gasteiger partial charge >= 0.3 is 0 Å². The molecule has 126 valence electrons. The van der Waals surface area contributed by atoms with Crippen molar-refractivity contribution in [1.82, 2.24) is 14.9 Å². The molecule has 0 fully saturated rings. The fourth-order valence-corrected chi connectivity index (χ4v) is 3.14. The Morgan fingerprint density at radius 1 is 1.12 bits per heavy atom. The molecule has 0 aliphatic carbocycles. The maximum atomic E-state index is 14.0. The van der Waals surface area contributed by atoms with Gasteiger partial charge in [0, 0.05) is 61.6 Å². The summed E-state index contributed by atoms with van der Waals surface area (Å²) in [5.74, 6) is -0.248. The summed E-state index contributed by atoms with van der Waals surface area (Å²) in [7, 11) is 0. The van der Waals surface area contributed by atoms with Crippen LogP contribution in [0.25, 0.3) is 11.3 Å². The van der Waals surface area contributed by atoms with Crippen molar-refractivity contribution in [2.75, 3.05) is 18.4 Å². The summed E-state index contributed by atoms with van der Waals surface area (Å²) < 4.78 is 14.0. The average molecular weight is 334 g/mol. The van der Waals surface area contributed by atoms with Gasteiger partial charge in [0.1, 0.15) is 5.82 Å². The maximum Gasteiger partial charge on any atom is 0.132 e. The summed E-state index contributed by atoms with van der Waals surface area (Å²) in [4.78, 5) is 11.0. The quantitative estimate of drug-likeness (QED) is 0.793. The third-order valence-electron chi connectivity index (χ3n) is 4.40. The molecule has 5 heteroatoms. The van der Waals surface area contributed by atoms with Crippen LogP contribution in [0.3, 0.4) is 0 Å². The van der Waals surface area contributed by atoms with Crippen LogP contribution in [0.15, 0.2) is 61.1 Å². The second kappa shape index (κ2) is 6.99. The molecule has 0 saturated heterocycles. The van der Waals surface area contributed by atoms with Gasteiger partial charge in [-0.05, 0) is 29.8 Å². The van der Waals surface area contributed by atoms with E-state index in [2.05, 4.69) is 26.3 Å². The largest absolute Gasteiger partial charge is 0.383 e. The summed E-state index contributed by atoms with van der Waals surface area (Å²) in [5.41, 5.74) is 4.54. The standard InChI is InChI=1S/C20H19FN4/c21-18-6-2-1-5-17(18)20-10-19-16(12-24-20)14-25(9-8-23-19)13-15-4-3-7-22-11-15/h1-7,10-12,23H,8-9,13-14H2. The molecular formula is C20H19FN4. The number of halogens is 1. The number of nitrogens with zero attached hydrogens (tertiary/aromatic N) is 3. The highest BCUT2D eigenvalue weighted by molar-refractivity contribution is 5.66. The number of fused-ring (bicyclic) bond motifs is 1. The Labute approximate surface area is 146 Å². The molecule has 1 aliphatic heterocycles. The second-order valence-corrected chi connectivity index (χ2v) is 6.21. The molecular weight excluding hydrogens is 315 g/mol. The van der Waals surface area contributed by atoms with E-state index in [0.717, 1.165) is 37.4 Å². The van der Waals surface area contributed by atoms with Crippen LogP contribution in [0.1, 0.15) is 11.1 Å². The number of benzene rings is 1. The van der Waals surface area contributed by atoms with Crippen molar-refractivity contribution in [3.05, 3.63) is 78.0 Å². The van der Waals surface area contributed by atoms with Gasteiger partial charge in [-0.25, -0.2) is 4.39 Å². The molecule has 0 amide bonds. The fourth-order valence-electron chi connectivity index (χ4n) is 3.14. The SMILES string of the molecule is Fc1ccccc1-c1cc2c(cn1)CN(Cc1cccnc1)CCN2. The lowest BCUT2D eigenvalue weighted by Gasteiger charge is -2.19. The zero-order valence-electron chi connectivity index (χ0n) is 13.8. The maximum absolute atomic E-state index is 14.0. The molecule has 1 aliphatic rings. The highest BCUT2D eigenvalue weighted by atomic mass is 19.1. The molecule has 1 N–H and O–H groups in total. The zero-order valence-corrected chi connectivity index (χ0v) is 13.8. The van der Waals surface area contributed by atoms with Crippen LogP contribution in [-0.2, 0) is 13.1 Å². The Bertz CT molecular complexity index is 867. The van der Waals surface area contributed by atoms with Crippen molar-refractivity contribution in [2.45, 2.75) is 13.1 Å². The van der Waals surface area contributed by atoms with Crippen LogP contribution in [0, 0.1) is 5.82 Å².